The van der Waals surface area contributed by atoms with Gasteiger partial charge in [0.15, 0.2) is 0 Å². The highest BCUT2D eigenvalue weighted by Gasteiger charge is 2.58. The van der Waals surface area contributed by atoms with Gasteiger partial charge >= 0.3 is 5.97 Å². The minimum atomic E-state index is -1.14. The molecule has 1 aliphatic carbocycles. The molecule has 0 bridgehead atoms. The van der Waals surface area contributed by atoms with Gasteiger partial charge in [0.1, 0.15) is 5.41 Å². The van der Waals surface area contributed by atoms with Crippen molar-refractivity contribution in [3.63, 3.8) is 0 Å². The maximum absolute atomic E-state index is 12.1. The number of primary amides is 1. The van der Waals surface area contributed by atoms with Gasteiger partial charge in [-0.2, -0.15) is 0 Å². The van der Waals surface area contributed by atoms with Crippen LogP contribution in [0.15, 0.2) is 0 Å². The normalized spacial score (nSPS) is 22.6. The standard InChI is InChI=1S/C12H18N2O4/c13-9(15)7-8-1-5-14(6-2-8)10(16)12(3-4-12)11(17)18/h8H,1-7H2,(H2,13,15)(H,17,18). The van der Waals surface area contributed by atoms with Crippen LogP contribution in [0.25, 0.3) is 0 Å². The number of piperidine rings is 1. The zero-order valence-electron chi connectivity index (χ0n) is 10.2. The van der Waals surface area contributed by atoms with Crippen molar-refractivity contribution in [2.24, 2.45) is 17.1 Å². The molecule has 100 valence electrons. The maximum Gasteiger partial charge on any atom is 0.319 e. The number of hydrogen-bond acceptors (Lipinski definition) is 3. The lowest BCUT2D eigenvalue weighted by molar-refractivity contribution is -0.154. The third-order valence-electron chi connectivity index (χ3n) is 3.96. The highest BCUT2D eigenvalue weighted by molar-refractivity contribution is 6.04. The summed E-state index contributed by atoms with van der Waals surface area (Å²) < 4.78 is 0. The fourth-order valence-corrected chi connectivity index (χ4v) is 2.57. The molecule has 0 aromatic heterocycles. The Labute approximate surface area is 105 Å². The molecule has 18 heavy (non-hydrogen) atoms. The first-order valence-corrected chi connectivity index (χ1v) is 6.27. The van der Waals surface area contributed by atoms with Crippen molar-refractivity contribution < 1.29 is 19.5 Å². The van der Waals surface area contributed by atoms with E-state index in [9.17, 15) is 14.4 Å². The van der Waals surface area contributed by atoms with Gasteiger partial charge in [0.2, 0.25) is 11.8 Å². The molecule has 6 heteroatoms. The second-order valence-corrected chi connectivity index (χ2v) is 5.29. The van der Waals surface area contributed by atoms with Crippen LogP contribution in [-0.2, 0) is 14.4 Å². The third-order valence-corrected chi connectivity index (χ3v) is 3.96. The van der Waals surface area contributed by atoms with Crippen molar-refractivity contribution in [2.45, 2.75) is 32.1 Å². The molecule has 1 heterocycles. The number of amides is 2. The van der Waals surface area contributed by atoms with Crippen molar-refractivity contribution >= 4 is 17.8 Å². The van der Waals surface area contributed by atoms with Crippen LogP contribution in [0.5, 0.6) is 0 Å². The molecule has 0 spiro atoms. The van der Waals surface area contributed by atoms with E-state index in [1.54, 1.807) is 4.90 Å². The van der Waals surface area contributed by atoms with Crippen molar-refractivity contribution in [2.75, 3.05) is 13.1 Å². The number of carbonyl (C=O) groups excluding carboxylic acids is 2. The van der Waals surface area contributed by atoms with E-state index < -0.39 is 11.4 Å². The second kappa shape index (κ2) is 4.59. The molecule has 0 unspecified atom stereocenters. The second-order valence-electron chi connectivity index (χ2n) is 5.29. The minimum Gasteiger partial charge on any atom is -0.480 e. The molecule has 1 aliphatic heterocycles. The number of carboxylic acids is 1. The van der Waals surface area contributed by atoms with Gasteiger partial charge in [0.05, 0.1) is 0 Å². The largest absolute Gasteiger partial charge is 0.480 e. The Kier molecular flexibility index (Phi) is 3.28. The Morgan fingerprint density at radius 1 is 1.22 bits per heavy atom. The average molecular weight is 254 g/mol. The van der Waals surface area contributed by atoms with Gasteiger partial charge in [-0.05, 0) is 31.6 Å². The fourth-order valence-electron chi connectivity index (χ4n) is 2.57. The van der Waals surface area contributed by atoms with E-state index >= 15 is 0 Å². The number of hydrogen-bond donors (Lipinski definition) is 2. The summed E-state index contributed by atoms with van der Waals surface area (Å²) in [5, 5.41) is 9.07. The molecule has 6 nitrogen and oxygen atoms in total. The monoisotopic (exact) mass is 254 g/mol. The van der Waals surface area contributed by atoms with Gasteiger partial charge in [-0.1, -0.05) is 0 Å². The van der Waals surface area contributed by atoms with Gasteiger partial charge < -0.3 is 15.7 Å². The number of nitrogens with two attached hydrogens (primary N) is 1. The highest BCUT2D eigenvalue weighted by Crippen LogP contribution is 2.47. The Hall–Kier alpha value is -1.59. The first kappa shape index (κ1) is 12.9. The van der Waals surface area contributed by atoms with E-state index in [0.29, 0.717) is 32.4 Å². The maximum atomic E-state index is 12.1. The Morgan fingerprint density at radius 2 is 1.78 bits per heavy atom. The van der Waals surface area contributed by atoms with Crippen molar-refractivity contribution in [1.82, 2.24) is 4.90 Å². The van der Waals surface area contributed by atoms with Crippen LogP contribution in [0.3, 0.4) is 0 Å². The zero-order chi connectivity index (χ0) is 13.3. The SMILES string of the molecule is NC(=O)CC1CCN(C(=O)C2(C(=O)O)CC2)CC1. The summed E-state index contributed by atoms with van der Waals surface area (Å²) in [4.78, 5) is 35.6. The predicted octanol–water partition coefficient (Wildman–Crippen LogP) is -0.0348. The number of nitrogens with zero attached hydrogens (tertiary/aromatic N) is 1. The van der Waals surface area contributed by atoms with E-state index in [2.05, 4.69) is 0 Å². The molecule has 0 aromatic carbocycles. The van der Waals surface area contributed by atoms with Gasteiger partial charge in [0, 0.05) is 19.5 Å². The van der Waals surface area contributed by atoms with Crippen LogP contribution in [-0.4, -0.2) is 40.9 Å². The van der Waals surface area contributed by atoms with Gasteiger partial charge in [-0.25, -0.2) is 0 Å². The first-order valence-electron chi connectivity index (χ1n) is 6.27. The molecule has 2 aliphatic rings. The molecule has 3 N–H and O–H groups in total. The third kappa shape index (κ3) is 2.32. The van der Waals surface area contributed by atoms with Crippen molar-refractivity contribution in [1.29, 1.82) is 0 Å². The summed E-state index contributed by atoms with van der Waals surface area (Å²) in [5.74, 6) is -1.35. The molecular weight excluding hydrogens is 236 g/mol. The van der Waals surface area contributed by atoms with E-state index in [1.165, 1.54) is 0 Å². The van der Waals surface area contributed by atoms with E-state index in [1.807, 2.05) is 0 Å². The Balaban J connectivity index is 1.88. The first-order chi connectivity index (χ1) is 8.45. The highest BCUT2D eigenvalue weighted by atomic mass is 16.4. The van der Waals surface area contributed by atoms with Gasteiger partial charge in [0.25, 0.3) is 0 Å². The van der Waals surface area contributed by atoms with Gasteiger partial charge in [-0.15, -0.1) is 0 Å². The van der Waals surface area contributed by atoms with Crippen LogP contribution >= 0.6 is 0 Å². The Bertz CT molecular complexity index is 382. The lowest BCUT2D eigenvalue weighted by Gasteiger charge is -2.33. The molecule has 1 saturated heterocycles. The summed E-state index contributed by atoms with van der Waals surface area (Å²) in [5.41, 5.74) is 4.00. The summed E-state index contributed by atoms with van der Waals surface area (Å²) in [7, 11) is 0. The van der Waals surface area contributed by atoms with E-state index in [0.717, 1.165) is 12.8 Å². The molecule has 0 atom stereocenters. The van der Waals surface area contributed by atoms with Crippen LogP contribution < -0.4 is 5.73 Å². The number of rotatable bonds is 4. The average Bonchev–Trinajstić information content (AvgIpc) is 3.09. The molecule has 2 rings (SSSR count). The molecule has 2 amide bonds. The quantitative estimate of drug-likeness (QED) is 0.687. The predicted molar refractivity (Wildman–Crippen MR) is 62.4 cm³/mol. The van der Waals surface area contributed by atoms with Gasteiger partial charge in [-0.3, -0.25) is 14.4 Å². The molecule has 1 saturated carbocycles. The van der Waals surface area contributed by atoms with Crippen LogP contribution in [0.2, 0.25) is 0 Å². The smallest absolute Gasteiger partial charge is 0.319 e. The molecule has 2 fully saturated rings. The summed E-state index contributed by atoms with van der Waals surface area (Å²) in [6, 6.07) is 0. The molecule has 0 radical (unpaired) electrons. The van der Waals surface area contributed by atoms with Crippen LogP contribution in [0, 0.1) is 11.3 Å². The number of carbonyl (C=O) groups is 3. The number of likely N-dealkylation sites (tertiary alicyclic amines) is 1. The van der Waals surface area contributed by atoms with Crippen molar-refractivity contribution in [3.05, 3.63) is 0 Å². The van der Waals surface area contributed by atoms with E-state index in [4.69, 9.17) is 10.8 Å². The van der Waals surface area contributed by atoms with Crippen molar-refractivity contribution in [3.8, 4) is 0 Å². The molecule has 0 aromatic rings. The summed E-state index contributed by atoms with van der Waals surface area (Å²) >= 11 is 0. The number of carboxylic acid groups (broad SMARTS) is 1. The summed E-state index contributed by atoms with van der Waals surface area (Å²) in [6.07, 6.45) is 2.70. The van der Waals surface area contributed by atoms with Crippen LogP contribution in [0.4, 0.5) is 0 Å². The number of aliphatic carboxylic acids is 1. The molecular formula is C12H18N2O4. The lowest BCUT2D eigenvalue weighted by atomic mass is 9.92. The minimum absolute atomic E-state index is 0.228. The van der Waals surface area contributed by atoms with E-state index in [-0.39, 0.29) is 17.7 Å². The summed E-state index contributed by atoms with van der Waals surface area (Å²) in [6.45, 7) is 1.07. The zero-order valence-corrected chi connectivity index (χ0v) is 10.2. The lowest BCUT2D eigenvalue weighted by Crippen LogP contribution is -2.45. The Morgan fingerprint density at radius 3 is 2.17 bits per heavy atom. The van der Waals surface area contributed by atoms with Crippen LogP contribution in [0.1, 0.15) is 32.1 Å². The fraction of sp³-hybridized carbons (Fsp3) is 0.750. The topological polar surface area (TPSA) is 101 Å².